The lowest BCUT2D eigenvalue weighted by Gasteiger charge is -2.14. The van der Waals surface area contributed by atoms with Crippen molar-refractivity contribution < 1.29 is 4.79 Å². The van der Waals surface area contributed by atoms with Gasteiger partial charge in [0.1, 0.15) is 5.38 Å². The fraction of sp³-hybridized carbons (Fsp3) is 0.286. The minimum absolute atomic E-state index is 0.0710. The molecular weight excluding hydrogens is 248 g/mol. The Morgan fingerprint density at radius 3 is 2.72 bits per heavy atom. The summed E-state index contributed by atoms with van der Waals surface area (Å²) in [5, 5.41) is 4.04. The zero-order valence-corrected chi connectivity index (χ0v) is 11.1. The van der Waals surface area contributed by atoms with E-state index in [-0.39, 0.29) is 11.9 Å². The molecule has 0 spiro atoms. The molecule has 2 aromatic rings. The van der Waals surface area contributed by atoms with E-state index in [2.05, 4.69) is 10.3 Å². The summed E-state index contributed by atoms with van der Waals surface area (Å²) in [7, 11) is 0. The molecule has 0 bridgehead atoms. The standard InChI is InChI=1S/C14H15ClN2O/c1-9(2)17-14(18)13(15)12-8-16-7-10-5-3-4-6-11(10)12/h3-9,13H,1-2H3,(H,17,18). The number of benzene rings is 1. The van der Waals surface area contributed by atoms with Crippen molar-refractivity contribution in [3.63, 3.8) is 0 Å². The number of aromatic nitrogens is 1. The second-order valence-corrected chi connectivity index (χ2v) is 4.91. The minimum atomic E-state index is -0.717. The van der Waals surface area contributed by atoms with Gasteiger partial charge in [-0.3, -0.25) is 9.78 Å². The van der Waals surface area contributed by atoms with Crippen LogP contribution in [0.3, 0.4) is 0 Å². The summed E-state index contributed by atoms with van der Waals surface area (Å²) in [6.45, 7) is 3.81. The summed E-state index contributed by atoms with van der Waals surface area (Å²) in [5.74, 6) is -0.190. The van der Waals surface area contributed by atoms with Crippen LogP contribution < -0.4 is 5.32 Å². The molecule has 1 N–H and O–H groups in total. The van der Waals surface area contributed by atoms with E-state index in [9.17, 15) is 4.79 Å². The average Bonchev–Trinajstić information content (AvgIpc) is 2.36. The quantitative estimate of drug-likeness (QED) is 0.864. The summed E-state index contributed by atoms with van der Waals surface area (Å²) in [6, 6.07) is 7.84. The van der Waals surface area contributed by atoms with Gasteiger partial charge in [0.25, 0.3) is 0 Å². The highest BCUT2D eigenvalue weighted by Gasteiger charge is 2.20. The molecule has 0 fully saturated rings. The van der Waals surface area contributed by atoms with Crippen molar-refractivity contribution >= 4 is 28.3 Å². The first-order valence-corrected chi connectivity index (χ1v) is 6.30. The Balaban J connectivity index is 2.38. The number of hydrogen-bond acceptors (Lipinski definition) is 2. The van der Waals surface area contributed by atoms with Crippen molar-refractivity contribution in [1.82, 2.24) is 10.3 Å². The molecule has 1 amide bonds. The van der Waals surface area contributed by atoms with Gasteiger partial charge in [0.05, 0.1) is 0 Å². The first-order chi connectivity index (χ1) is 8.59. The molecule has 94 valence electrons. The van der Waals surface area contributed by atoms with E-state index >= 15 is 0 Å². The van der Waals surface area contributed by atoms with E-state index in [4.69, 9.17) is 11.6 Å². The van der Waals surface area contributed by atoms with E-state index < -0.39 is 5.38 Å². The summed E-state index contributed by atoms with van der Waals surface area (Å²) < 4.78 is 0. The molecule has 1 unspecified atom stereocenters. The molecule has 0 saturated carbocycles. The molecule has 18 heavy (non-hydrogen) atoms. The SMILES string of the molecule is CC(C)NC(=O)C(Cl)c1cncc2ccccc12. The highest BCUT2D eigenvalue weighted by molar-refractivity contribution is 6.31. The first kappa shape index (κ1) is 12.8. The van der Waals surface area contributed by atoms with E-state index in [1.54, 1.807) is 12.4 Å². The maximum Gasteiger partial charge on any atom is 0.242 e. The number of nitrogens with zero attached hydrogens (tertiary/aromatic N) is 1. The van der Waals surface area contributed by atoms with E-state index in [1.807, 2.05) is 38.1 Å². The Bertz CT molecular complexity index is 563. The molecular formula is C14H15ClN2O. The van der Waals surface area contributed by atoms with Gasteiger partial charge in [0.15, 0.2) is 0 Å². The second kappa shape index (κ2) is 5.36. The summed E-state index contributed by atoms with van der Waals surface area (Å²) >= 11 is 6.23. The maximum atomic E-state index is 11.9. The molecule has 3 nitrogen and oxygen atoms in total. The predicted molar refractivity (Wildman–Crippen MR) is 73.6 cm³/mol. The third-order valence-electron chi connectivity index (χ3n) is 2.63. The Labute approximate surface area is 111 Å². The van der Waals surface area contributed by atoms with Crippen molar-refractivity contribution in [3.05, 3.63) is 42.2 Å². The lowest BCUT2D eigenvalue weighted by molar-refractivity contribution is -0.121. The van der Waals surface area contributed by atoms with Gasteiger partial charge < -0.3 is 5.32 Å². The summed E-state index contributed by atoms with van der Waals surface area (Å²) in [6.07, 6.45) is 3.42. The number of amides is 1. The smallest absolute Gasteiger partial charge is 0.242 e. The maximum absolute atomic E-state index is 11.9. The zero-order valence-electron chi connectivity index (χ0n) is 10.4. The molecule has 0 radical (unpaired) electrons. The number of nitrogens with one attached hydrogen (secondary N) is 1. The summed E-state index contributed by atoms with van der Waals surface area (Å²) in [4.78, 5) is 16.1. The molecule has 1 atom stereocenters. The fourth-order valence-corrected chi connectivity index (χ4v) is 2.08. The normalized spacial score (nSPS) is 12.7. The van der Waals surface area contributed by atoms with E-state index in [0.717, 1.165) is 16.3 Å². The number of carbonyl (C=O) groups is 1. The third-order valence-corrected chi connectivity index (χ3v) is 3.07. The highest BCUT2D eigenvalue weighted by atomic mass is 35.5. The van der Waals surface area contributed by atoms with Crippen molar-refractivity contribution in [3.8, 4) is 0 Å². The Kier molecular flexibility index (Phi) is 3.82. The van der Waals surface area contributed by atoms with E-state index in [1.165, 1.54) is 0 Å². The number of pyridine rings is 1. The average molecular weight is 263 g/mol. The van der Waals surface area contributed by atoms with Crippen LogP contribution in [0, 0.1) is 0 Å². The number of rotatable bonds is 3. The van der Waals surface area contributed by atoms with Crippen LogP contribution >= 0.6 is 11.6 Å². The number of hydrogen-bond donors (Lipinski definition) is 1. The van der Waals surface area contributed by atoms with E-state index in [0.29, 0.717) is 0 Å². The van der Waals surface area contributed by atoms with Crippen LogP contribution in [0.4, 0.5) is 0 Å². The monoisotopic (exact) mass is 262 g/mol. The number of halogens is 1. The largest absolute Gasteiger partial charge is 0.352 e. The van der Waals surface area contributed by atoms with Crippen LogP contribution in [0.15, 0.2) is 36.7 Å². The van der Waals surface area contributed by atoms with Crippen LogP contribution in [0.1, 0.15) is 24.8 Å². The first-order valence-electron chi connectivity index (χ1n) is 5.86. The lowest BCUT2D eigenvalue weighted by atomic mass is 10.0. The molecule has 4 heteroatoms. The third kappa shape index (κ3) is 2.62. The van der Waals surface area contributed by atoms with Crippen LogP contribution in [-0.2, 0) is 4.79 Å². The molecule has 0 saturated heterocycles. The molecule has 1 heterocycles. The van der Waals surface area contributed by atoms with Gasteiger partial charge >= 0.3 is 0 Å². The molecule has 2 rings (SSSR count). The van der Waals surface area contributed by atoms with Gasteiger partial charge in [-0.15, -0.1) is 11.6 Å². The van der Waals surface area contributed by atoms with Crippen LogP contribution in [0.25, 0.3) is 10.8 Å². The van der Waals surface area contributed by atoms with Crippen LogP contribution in [-0.4, -0.2) is 16.9 Å². The minimum Gasteiger partial charge on any atom is -0.352 e. The second-order valence-electron chi connectivity index (χ2n) is 4.48. The van der Waals surface area contributed by atoms with Gasteiger partial charge in [-0.2, -0.15) is 0 Å². The number of carbonyl (C=O) groups excluding carboxylic acids is 1. The Hall–Kier alpha value is -1.61. The van der Waals surface area contributed by atoms with Crippen molar-refractivity contribution in [1.29, 1.82) is 0 Å². The molecule has 0 aliphatic rings. The Morgan fingerprint density at radius 1 is 1.28 bits per heavy atom. The lowest BCUT2D eigenvalue weighted by Crippen LogP contribution is -2.32. The summed E-state index contributed by atoms with van der Waals surface area (Å²) in [5.41, 5.74) is 0.743. The molecule has 0 aliphatic carbocycles. The van der Waals surface area contributed by atoms with Crippen LogP contribution in [0.2, 0.25) is 0 Å². The molecule has 0 aliphatic heterocycles. The molecule has 1 aromatic carbocycles. The van der Waals surface area contributed by atoms with Crippen molar-refractivity contribution in [2.75, 3.05) is 0 Å². The number of fused-ring (bicyclic) bond motifs is 1. The van der Waals surface area contributed by atoms with Gasteiger partial charge in [-0.05, 0) is 19.2 Å². The number of alkyl halides is 1. The topological polar surface area (TPSA) is 42.0 Å². The Morgan fingerprint density at radius 2 is 2.00 bits per heavy atom. The van der Waals surface area contributed by atoms with Gasteiger partial charge in [0, 0.05) is 29.4 Å². The highest BCUT2D eigenvalue weighted by Crippen LogP contribution is 2.27. The van der Waals surface area contributed by atoms with Crippen molar-refractivity contribution in [2.24, 2.45) is 0 Å². The van der Waals surface area contributed by atoms with Crippen LogP contribution in [0.5, 0.6) is 0 Å². The van der Waals surface area contributed by atoms with Crippen molar-refractivity contribution in [2.45, 2.75) is 25.3 Å². The van der Waals surface area contributed by atoms with Gasteiger partial charge in [-0.1, -0.05) is 24.3 Å². The fourth-order valence-electron chi connectivity index (χ4n) is 1.84. The molecule has 1 aromatic heterocycles. The van der Waals surface area contributed by atoms with Gasteiger partial charge in [-0.25, -0.2) is 0 Å². The zero-order chi connectivity index (χ0) is 13.1. The predicted octanol–water partition coefficient (Wildman–Crippen LogP) is 3.04. The van der Waals surface area contributed by atoms with Gasteiger partial charge in [0.2, 0.25) is 5.91 Å².